The molecule has 4 rings (SSSR count). The molecular formula is C18H23ClN2. The third-order valence-corrected chi connectivity index (χ3v) is 5.85. The van der Waals surface area contributed by atoms with Crippen LogP contribution in [0.15, 0.2) is 24.4 Å². The van der Waals surface area contributed by atoms with Crippen LogP contribution in [0.2, 0.25) is 0 Å². The van der Waals surface area contributed by atoms with Crippen LogP contribution in [-0.2, 0) is 13.5 Å². The van der Waals surface area contributed by atoms with Crippen molar-refractivity contribution in [2.45, 2.75) is 31.2 Å². The van der Waals surface area contributed by atoms with Gasteiger partial charge < -0.3 is 9.47 Å². The van der Waals surface area contributed by atoms with Crippen molar-refractivity contribution in [2.24, 2.45) is 13.0 Å². The Bertz CT molecular complexity index is 675. The quantitative estimate of drug-likeness (QED) is 0.767. The minimum Gasteiger partial charge on any atom is -0.350 e. The van der Waals surface area contributed by atoms with E-state index in [1.54, 1.807) is 5.56 Å². The van der Waals surface area contributed by atoms with E-state index in [1.807, 2.05) is 0 Å². The van der Waals surface area contributed by atoms with Crippen LogP contribution in [0, 0.1) is 5.92 Å². The van der Waals surface area contributed by atoms with Gasteiger partial charge in [0.1, 0.15) is 0 Å². The smallest absolute Gasteiger partial charge is 0.0483 e. The molecule has 2 aromatic rings. The molecule has 3 atom stereocenters. The number of nitrogens with zero attached hydrogens (tertiary/aromatic N) is 2. The number of rotatable bonds is 2. The number of hydrogen-bond acceptors (Lipinski definition) is 1. The molecule has 3 heteroatoms. The number of aryl methyl sites for hydroxylation is 1. The van der Waals surface area contributed by atoms with Gasteiger partial charge in [-0.25, -0.2) is 0 Å². The first-order valence-corrected chi connectivity index (χ1v) is 8.55. The normalized spacial score (nSPS) is 28.8. The first kappa shape index (κ1) is 13.7. The Kier molecular flexibility index (Phi) is 3.27. The number of alkyl halides is 1. The molecule has 1 aliphatic carbocycles. The zero-order chi connectivity index (χ0) is 14.6. The van der Waals surface area contributed by atoms with Crippen molar-refractivity contribution < 1.29 is 0 Å². The van der Waals surface area contributed by atoms with Crippen LogP contribution < -0.4 is 0 Å². The Labute approximate surface area is 131 Å². The number of aromatic nitrogens is 1. The van der Waals surface area contributed by atoms with Crippen molar-refractivity contribution in [3.05, 3.63) is 35.5 Å². The van der Waals surface area contributed by atoms with Gasteiger partial charge in [0.05, 0.1) is 0 Å². The van der Waals surface area contributed by atoms with Gasteiger partial charge in [0, 0.05) is 48.5 Å². The van der Waals surface area contributed by atoms with Crippen LogP contribution in [0.1, 0.15) is 29.9 Å². The fourth-order valence-corrected chi connectivity index (χ4v) is 5.00. The molecule has 1 fully saturated rings. The van der Waals surface area contributed by atoms with Gasteiger partial charge in [-0.1, -0.05) is 12.1 Å². The number of benzene rings is 1. The van der Waals surface area contributed by atoms with Gasteiger partial charge in [-0.2, -0.15) is 0 Å². The molecule has 1 aromatic heterocycles. The molecule has 0 bridgehead atoms. The minimum absolute atomic E-state index is 0.664. The lowest BCUT2D eigenvalue weighted by Crippen LogP contribution is -2.47. The van der Waals surface area contributed by atoms with Gasteiger partial charge >= 0.3 is 0 Å². The number of halogens is 1. The predicted molar refractivity (Wildman–Crippen MR) is 89.2 cm³/mol. The number of hydrogen-bond donors (Lipinski definition) is 0. The molecule has 1 aromatic carbocycles. The van der Waals surface area contributed by atoms with Crippen LogP contribution in [0.5, 0.6) is 0 Å². The van der Waals surface area contributed by atoms with Gasteiger partial charge in [0.15, 0.2) is 0 Å². The number of likely N-dealkylation sites (tertiary alicyclic amines) is 1. The van der Waals surface area contributed by atoms with E-state index in [0.29, 0.717) is 12.0 Å². The summed E-state index contributed by atoms with van der Waals surface area (Å²) in [7, 11) is 4.47. The lowest BCUT2D eigenvalue weighted by Gasteiger charge is -2.45. The molecular weight excluding hydrogens is 280 g/mol. The van der Waals surface area contributed by atoms with E-state index in [4.69, 9.17) is 11.6 Å². The molecule has 21 heavy (non-hydrogen) atoms. The molecule has 2 aliphatic rings. The largest absolute Gasteiger partial charge is 0.350 e. The highest BCUT2D eigenvalue weighted by Crippen LogP contribution is 2.45. The summed E-state index contributed by atoms with van der Waals surface area (Å²) in [4.78, 5) is 2.58. The highest BCUT2D eigenvalue weighted by atomic mass is 35.5. The molecule has 1 aliphatic heterocycles. The second-order valence-corrected chi connectivity index (χ2v) is 7.28. The maximum Gasteiger partial charge on any atom is 0.0483 e. The Balaban J connectivity index is 1.82. The topological polar surface area (TPSA) is 8.17 Å². The monoisotopic (exact) mass is 302 g/mol. The van der Waals surface area contributed by atoms with Gasteiger partial charge in [-0.3, -0.25) is 0 Å². The van der Waals surface area contributed by atoms with E-state index in [1.165, 1.54) is 35.9 Å². The van der Waals surface area contributed by atoms with Crippen LogP contribution in [0.4, 0.5) is 0 Å². The molecule has 1 saturated heterocycles. The van der Waals surface area contributed by atoms with E-state index in [9.17, 15) is 0 Å². The SMILES string of the molecule is CN1C[C@H](CCCl)C[C@@H]2c3cccc4c3c(cn4C)C[C@H]21. The molecule has 0 saturated carbocycles. The van der Waals surface area contributed by atoms with Crippen molar-refractivity contribution in [1.29, 1.82) is 0 Å². The maximum atomic E-state index is 6.00. The van der Waals surface area contributed by atoms with Crippen molar-refractivity contribution >= 4 is 22.5 Å². The van der Waals surface area contributed by atoms with Crippen molar-refractivity contribution in [2.75, 3.05) is 19.5 Å². The molecule has 112 valence electrons. The second-order valence-electron chi connectivity index (χ2n) is 6.90. The second kappa shape index (κ2) is 5.03. The average Bonchev–Trinajstić information content (AvgIpc) is 2.79. The lowest BCUT2D eigenvalue weighted by atomic mass is 9.72. The number of piperidine rings is 1. The van der Waals surface area contributed by atoms with Gasteiger partial charge in [0.2, 0.25) is 0 Å². The predicted octanol–water partition coefficient (Wildman–Crippen LogP) is 3.77. The summed E-state index contributed by atoms with van der Waals surface area (Å²) in [6.07, 6.45) is 5.98. The summed E-state index contributed by atoms with van der Waals surface area (Å²) >= 11 is 6.00. The Morgan fingerprint density at radius 2 is 2.14 bits per heavy atom. The first-order chi connectivity index (χ1) is 10.2. The van der Waals surface area contributed by atoms with Crippen molar-refractivity contribution in [1.82, 2.24) is 9.47 Å². The fourth-order valence-electron chi connectivity index (χ4n) is 4.69. The molecule has 0 amide bonds. The number of likely N-dealkylation sites (N-methyl/N-ethyl adjacent to an activating group) is 1. The summed E-state index contributed by atoms with van der Waals surface area (Å²) in [5.41, 5.74) is 4.50. The third kappa shape index (κ3) is 2.03. The molecule has 2 heterocycles. The highest BCUT2D eigenvalue weighted by molar-refractivity contribution is 6.17. The minimum atomic E-state index is 0.664. The van der Waals surface area contributed by atoms with E-state index < -0.39 is 0 Å². The van der Waals surface area contributed by atoms with E-state index in [-0.39, 0.29) is 0 Å². The highest BCUT2D eigenvalue weighted by Gasteiger charge is 2.39. The number of fused-ring (bicyclic) bond motifs is 2. The summed E-state index contributed by atoms with van der Waals surface area (Å²) in [5.74, 6) is 2.21. The Hall–Kier alpha value is -0.990. The zero-order valence-electron chi connectivity index (χ0n) is 12.8. The maximum absolute atomic E-state index is 6.00. The van der Waals surface area contributed by atoms with Crippen molar-refractivity contribution in [3.8, 4) is 0 Å². The van der Waals surface area contributed by atoms with Crippen LogP contribution in [0.25, 0.3) is 10.9 Å². The van der Waals surface area contributed by atoms with E-state index >= 15 is 0 Å². The Morgan fingerprint density at radius 3 is 2.95 bits per heavy atom. The van der Waals surface area contributed by atoms with Gasteiger partial charge in [-0.15, -0.1) is 11.6 Å². The summed E-state index contributed by atoms with van der Waals surface area (Å²) in [6.45, 7) is 1.20. The van der Waals surface area contributed by atoms with E-state index in [2.05, 4.69) is 48.0 Å². The summed E-state index contributed by atoms with van der Waals surface area (Å²) in [6, 6.07) is 7.51. The molecule has 0 unspecified atom stereocenters. The van der Waals surface area contributed by atoms with Gasteiger partial charge in [0.25, 0.3) is 0 Å². The standard InChI is InChI=1S/C18H23ClN2/c1-20-10-12(6-7-19)8-15-14-4-3-5-16-18(14)13(9-17(15)20)11-21(16)2/h3-5,11-12,15,17H,6-10H2,1-2H3/t12-,15-,17-/m1/s1. The summed E-state index contributed by atoms with van der Waals surface area (Å²) < 4.78 is 2.29. The van der Waals surface area contributed by atoms with Gasteiger partial charge in [-0.05, 0) is 49.4 Å². The molecule has 0 N–H and O–H groups in total. The zero-order valence-corrected chi connectivity index (χ0v) is 13.6. The lowest BCUT2D eigenvalue weighted by molar-refractivity contribution is 0.110. The first-order valence-electron chi connectivity index (χ1n) is 8.02. The average molecular weight is 303 g/mol. The third-order valence-electron chi connectivity index (χ3n) is 5.64. The fraction of sp³-hybridized carbons (Fsp3) is 0.556. The van der Waals surface area contributed by atoms with Crippen LogP contribution in [0.3, 0.4) is 0 Å². The molecule has 0 spiro atoms. The van der Waals surface area contributed by atoms with E-state index in [0.717, 1.165) is 18.2 Å². The molecule has 0 radical (unpaired) electrons. The van der Waals surface area contributed by atoms with Crippen LogP contribution in [-0.4, -0.2) is 35.0 Å². The molecule has 2 nitrogen and oxygen atoms in total. The Morgan fingerprint density at radius 1 is 1.29 bits per heavy atom. The summed E-state index contributed by atoms with van der Waals surface area (Å²) in [5, 5.41) is 1.53. The van der Waals surface area contributed by atoms with Crippen LogP contribution >= 0.6 is 11.6 Å². The van der Waals surface area contributed by atoms with Crippen molar-refractivity contribution in [3.63, 3.8) is 0 Å².